The highest BCUT2D eigenvalue weighted by Crippen LogP contribution is 2.22. The molecule has 0 saturated carbocycles. The topological polar surface area (TPSA) is 50.1 Å². The molecule has 4 N–H and O–H groups in total. The van der Waals surface area contributed by atoms with Gasteiger partial charge in [0.05, 0.1) is 11.4 Å². The summed E-state index contributed by atoms with van der Waals surface area (Å²) >= 11 is 0. The summed E-state index contributed by atoms with van der Waals surface area (Å²) in [5.41, 5.74) is 12.2. The van der Waals surface area contributed by atoms with Crippen LogP contribution in [-0.4, -0.2) is 0 Å². The zero-order valence-corrected chi connectivity index (χ0v) is 16.7. The number of anilines is 3. The van der Waals surface area contributed by atoms with Crippen LogP contribution in [0.5, 0.6) is 0 Å². The van der Waals surface area contributed by atoms with Crippen molar-refractivity contribution in [1.82, 2.24) is 0 Å². The number of para-hydroxylation sites is 2. The SMILES string of the molecule is C=C(CCCCCC(=C)Nc1ccccc1N)Nc1cccc(C(C)C)c1. The van der Waals surface area contributed by atoms with Crippen LogP contribution in [0.2, 0.25) is 0 Å². The Hall–Kier alpha value is -2.68. The van der Waals surface area contributed by atoms with Crippen molar-refractivity contribution in [3.63, 3.8) is 0 Å². The average molecular weight is 364 g/mol. The van der Waals surface area contributed by atoms with Crippen LogP contribution < -0.4 is 16.4 Å². The number of nitrogen functional groups attached to an aromatic ring is 1. The lowest BCUT2D eigenvalue weighted by Gasteiger charge is -2.13. The Morgan fingerprint density at radius 1 is 0.889 bits per heavy atom. The van der Waals surface area contributed by atoms with Gasteiger partial charge in [0.1, 0.15) is 0 Å². The maximum atomic E-state index is 5.95. The lowest BCUT2D eigenvalue weighted by molar-refractivity contribution is 0.676. The van der Waals surface area contributed by atoms with Gasteiger partial charge in [0.25, 0.3) is 0 Å². The van der Waals surface area contributed by atoms with Crippen LogP contribution in [-0.2, 0) is 0 Å². The summed E-state index contributed by atoms with van der Waals surface area (Å²) in [6.07, 6.45) is 5.31. The molecule has 0 unspecified atom stereocenters. The van der Waals surface area contributed by atoms with Crippen LogP contribution in [0.3, 0.4) is 0 Å². The second-order valence-electron chi connectivity index (χ2n) is 7.39. The molecule has 27 heavy (non-hydrogen) atoms. The number of hydrogen-bond acceptors (Lipinski definition) is 3. The van der Waals surface area contributed by atoms with Gasteiger partial charge in [0.2, 0.25) is 0 Å². The van der Waals surface area contributed by atoms with Gasteiger partial charge in [0, 0.05) is 17.1 Å². The van der Waals surface area contributed by atoms with E-state index in [2.05, 4.69) is 61.9 Å². The molecule has 3 nitrogen and oxygen atoms in total. The highest BCUT2D eigenvalue weighted by molar-refractivity contribution is 5.67. The Kier molecular flexibility index (Phi) is 8.00. The summed E-state index contributed by atoms with van der Waals surface area (Å²) in [6, 6.07) is 16.4. The molecule has 2 aromatic carbocycles. The van der Waals surface area contributed by atoms with Gasteiger partial charge >= 0.3 is 0 Å². The highest BCUT2D eigenvalue weighted by Gasteiger charge is 2.03. The van der Waals surface area contributed by atoms with E-state index in [1.165, 1.54) is 5.56 Å². The van der Waals surface area contributed by atoms with E-state index >= 15 is 0 Å². The fourth-order valence-electron chi connectivity index (χ4n) is 2.96. The van der Waals surface area contributed by atoms with E-state index in [1.807, 2.05) is 24.3 Å². The Labute approximate surface area is 164 Å². The van der Waals surface area contributed by atoms with Crippen molar-refractivity contribution in [1.29, 1.82) is 0 Å². The standard InChI is InChI=1S/C24H33N3/c1-18(2)21-13-10-14-22(17-21)26-19(3)11-6-5-7-12-20(4)27-24-16-9-8-15-23(24)25/h8-10,13-18,26-27H,3-7,11-12,25H2,1-2H3. The molecule has 144 valence electrons. The minimum atomic E-state index is 0.535. The third kappa shape index (κ3) is 7.22. The second kappa shape index (κ2) is 10.5. The van der Waals surface area contributed by atoms with Crippen LogP contribution in [0.1, 0.15) is 57.4 Å². The largest absolute Gasteiger partial charge is 0.397 e. The zero-order valence-electron chi connectivity index (χ0n) is 16.7. The van der Waals surface area contributed by atoms with E-state index in [4.69, 9.17) is 5.73 Å². The van der Waals surface area contributed by atoms with Crippen molar-refractivity contribution < 1.29 is 0 Å². The van der Waals surface area contributed by atoms with Gasteiger partial charge < -0.3 is 16.4 Å². The number of nitrogens with one attached hydrogen (secondary N) is 2. The molecule has 0 aliphatic heterocycles. The van der Waals surface area contributed by atoms with Gasteiger partial charge in [-0.15, -0.1) is 0 Å². The van der Waals surface area contributed by atoms with E-state index in [1.54, 1.807) is 0 Å². The number of unbranched alkanes of at least 4 members (excludes halogenated alkanes) is 2. The van der Waals surface area contributed by atoms with E-state index in [-0.39, 0.29) is 0 Å². The first-order chi connectivity index (χ1) is 13.0. The number of benzene rings is 2. The van der Waals surface area contributed by atoms with Gasteiger partial charge in [0.15, 0.2) is 0 Å². The third-order valence-corrected chi connectivity index (χ3v) is 4.60. The predicted octanol–water partition coefficient (Wildman–Crippen LogP) is 6.89. The highest BCUT2D eigenvalue weighted by atomic mass is 14.9. The van der Waals surface area contributed by atoms with Gasteiger partial charge in [-0.25, -0.2) is 0 Å². The maximum Gasteiger partial charge on any atom is 0.0615 e. The number of nitrogens with two attached hydrogens (primary N) is 1. The van der Waals surface area contributed by atoms with Crippen LogP contribution in [0.15, 0.2) is 73.1 Å². The van der Waals surface area contributed by atoms with Crippen LogP contribution in [0.4, 0.5) is 17.1 Å². The molecule has 0 aliphatic carbocycles. The van der Waals surface area contributed by atoms with Crippen molar-refractivity contribution in [3.8, 4) is 0 Å². The average Bonchev–Trinajstić information content (AvgIpc) is 2.63. The molecule has 0 spiro atoms. The van der Waals surface area contributed by atoms with Crippen LogP contribution >= 0.6 is 0 Å². The molecule has 2 rings (SSSR count). The lowest BCUT2D eigenvalue weighted by Crippen LogP contribution is -2.01. The molecule has 0 amide bonds. The fourth-order valence-corrected chi connectivity index (χ4v) is 2.96. The Balaban J connectivity index is 1.63. The molecule has 0 aromatic heterocycles. The van der Waals surface area contributed by atoms with Crippen molar-refractivity contribution in [2.75, 3.05) is 16.4 Å². The van der Waals surface area contributed by atoms with Gasteiger partial charge in [-0.2, -0.15) is 0 Å². The van der Waals surface area contributed by atoms with Crippen molar-refractivity contribution >= 4 is 17.1 Å². The molecule has 0 heterocycles. The first kappa shape index (κ1) is 20.6. The van der Waals surface area contributed by atoms with Crippen LogP contribution in [0.25, 0.3) is 0 Å². The molecule has 0 aliphatic rings. The Morgan fingerprint density at radius 3 is 2.22 bits per heavy atom. The molecular formula is C24H33N3. The first-order valence-corrected chi connectivity index (χ1v) is 9.79. The monoisotopic (exact) mass is 363 g/mol. The number of rotatable bonds is 11. The molecule has 3 heteroatoms. The minimum absolute atomic E-state index is 0.535. The van der Waals surface area contributed by atoms with Crippen molar-refractivity contribution in [2.24, 2.45) is 0 Å². The summed E-state index contributed by atoms with van der Waals surface area (Å²) in [6.45, 7) is 12.7. The predicted molar refractivity (Wildman–Crippen MR) is 120 cm³/mol. The van der Waals surface area contributed by atoms with Crippen LogP contribution in [0, 0.1) is 0 Å². The molecule has 0 fully saturated rings. The zero-order chi connectivity index (χ0) is 19.6. The first-order valence-electron chi connectivity index (χ1n) is 9.79. The summed E-state index contributed by atoms with van der Waals surface area (Å²) in [4.78, 5) is 0. The minimum Gasteiger partial charge on any atom is -0.397 e. The molecule has 2 aromatic rings. The van der Waals surface area contributed by atoms with E-state index < -0.39 is 0 Å². The number of hydrogen-bond donors (Lipinski definition) is 3. The van der Waals surface area contributed by atoms with Crippen molar-refractivity contribution in [3.05, 3.63) is 78.6 Å². The van der Waals surface area contributed by atoms with E-state index in [0.717, 1.165) is 60.6 Å². The van der Waals surface area contributed by atoms with E-state index in [0.29, 0.717) is 5.92 Å². The Bertz CT molecular complexity index is 762. The second-order valence-corrected chi connectivity index (χ2v) is 7.39. The van der Waals surface area contributed by atoms with E-state index in [9.17, 15) is 0 Å². The molecule has 0 bridgehead atoms. The normalized spacial score (nSPS) is 10.6. The summed E-state index contributed by atoms with van der Waals surface area (Å²) < 4.78 is 0. The molecule has 0 radical (unpaired) electrons. The summed E-state index contributed by atoms with van der Waals surface area (Å²) in [7, 11) is 0. The van der Waals surface area contributed by atoms with Gasteiger partial charge in [-0.05, 0) is 61.4 Å². The van der Waals surface area contributed by atoms with Gasteiger partial charge in [-0.3, -0.25) is 0 Å². The molecular weight excluding hydrogens is 330 g/mol. The van der Waals surface area contributed by atoms with Gasteiger partial charge in [-0.1, -0.05) is 57.7 Å². The Morgan fingerprint density at radius 2 is 1.56 bits per heavy atom. The molecule has 0 atom stereocenters. The molecule has 0 saturated heterocycles. The summed E-state index contributed by atoms with van der Waals surface area (Å²) in [5, 5.41) is 6.74. The summed E-state index contributed by atoms with van der Waals surface area (Å²) in [5.74, 6) is 0.535. The lowest BCUT2D eigenvalue weighted by atomic mass is 10.0. The number of allylic oxidation sites excluding steroid dienone is 2. The van der Waals surface area contributed by atoms with Crippen molar-refractivity contribution in [2.45, 2.75) is 51.9 Å². The quantitative estimate of drug-likeness (QED) is 0.301. The smallest absolute Gasteiger partial charge is 0.0615 e. The fraction of sp³-hybridized carbons (Fsp3) is 0.333. The maximum absolute atomic E-state index is 5.95. The third-order valence-electron chi connectivity index (χ3n) is 4.60.